The highest BCUT2D eigenvalue weighted by Crippen LogP contribution is 2.31. The largest absolute Gasteiger partial charge is 0.468 e. The van der Waals surface area contributed by atoms with Crippen molar-refractivity contribution in [3.63, 3.8) is 0 Å². The Morgan fingerprint density at radius 1 is 1.08 bits per heavy atom. The number of rotatable bonds is 9. The zero-order valence-electron chi connectivity index (χ0n) is 20.6. The summed E-state index contributed by atoms with van der Waals surface area (Å²) in [4.78, 5) is 56.7. The quantitative estimate of drug-likeness (QED) is 0.123. The molecule has 1 atom stereocenters. The summed E-state index contributed by atoms with van der Waals surface area (Å²) < 4.78 is 21.0. The predicted octanol–water partition coefficient (Wildman–Crippen LogP) is 4.62. The fourth-order valence-electron chi connectivity index (χ4n) is 3.68. The van der Waals surface area contributed by atoms with E-state index in [9.17, 15) is 24.5 Å². The molecule has 1 unspecified atom stereocenters. The van der Waals surface area contributed by atoms with Crippen LogP contribution in [0.15, 0.2) is 59.1 Å². The van der Waals surface area contributed by atoms with Crippen LogP contribution < -0.4 is 0 Å². The van der Waals surface area contributed by atoms with E-state index in [1.165, 1.54) is 25.4 Å². The highest BCUT2D eigenvalue weighted by atomic mass is 35.5. The maximum Gasteiger partial charge on any atom is 0.376 e. The first-order valence-electron chi connectivity index (χ1n) is 11.4. The van der Waals surface area contributed by atoms with E-state index in [2.05, 4.69) is 9.97 Å². The summed E-state index contributed by atoms with van der Waals surface area (Å²) in [6, 6.07) is 11.4. The SMILES string of the molecule is CCOC(=O)c1oc(C(C(=O)OC)c2ccc3ncc(Cl)cc3c2)nc1COC(=O)c1ccc([N+](=O)[O-])cc1. The molecule has 4 aromatic rings. The van der Waals surface area contributed by atoms with Crippen molar-refractivity contribution >= 4 is 46.1 Å². The van der Waals surface area contributed by atoms with E-state index in [-0.39, 0.29) is 35.2 Å². The number of non-ortho nitro benzene ring substituents is 1. The van der Waals surface area contributed by atoms with Crippen LogP contribution in [0.2, 0.25) is 5.02 Å². The Morgan fingerprint density at radius 3 is 2.49 bits per heavy atom. The summed E-state index contributed by atoms with van der Waals surface area (Å²) in [5, 5.41) is 11.9. The molecule has 0 aliphatic heterocycles. The van der Waals surface area contributed by atoms with E-state index < -0.39 is 35.4 Å². The number of fused-ring (bicyclic) bond motifs is 1. The first-order chi connectivity index (χ1) is 18.7. The first-order valence-corrected chi connectivity index (χ1v) is 11.8. The minimum atomic E-state index is -1.19. The van der Waals surface area contributed by atoms with Crippen LogP contribution in [0.3, 0.4) is 0 Å². The molecule has 4 rings (SSSR count). The summed E-state index contributed by atoms with van der Waals surface area (Å²) in [6.45, 7) is 1.10. The van der Waals surface area contributed by atoms with Crippen LogP contribution in [-0.4, -0.2) is 46.5 Å². The van der Waals surface area contributed by atoms with Crippen LogP contribution in [0.25, 0.3) is 10.9 Å². The zero-order chi connectivity index (χ0) is 28.1. The second-order valence-corrected chi connectivity index (χ2v) is 8.43. The molecule has 0 fully saturated rings. The maximum absolute atomic E-state index is 12.8. The molecule has 0 saturated carbocycles. The van der Waals surface area contributed by atoms with Crippen LogP contribution in [0.4, 0.5) is 5.69 Å². The molecular formula is C26H20ClN3O9. The van der Waals surface area contributed by atoms with Crippen molar-refractivity contribution in [1.82, 2.24) is 9.97 Å². The van der Waals surface area contributed by atoms with Gasteiger partial charge in [-0.2, -0.15) is 0 Å². The minimum absolute atomic E-state index is 0.0236. The Kier molecular flexibility index (Phi) is 8.15. The molecule has 0 amide bonds. The lowest BCUT2D eigenvalue weighted by atomic mass is 9.97. The molecule has 13 heteroatoms. The number of aromatic nitrogens is 2. The number of hydrogen-bond acceptors (Lipinski definition) is 11. The second-order valence-electron chi connectivity index (χ2n) is 7.99. The van der Waals surface area contributed by atoms with E-state index in [0.29, 0.717) is 21.5 Å². The average molecular weight is 554 g/mol. The summed E-state index contributed by atoms with van der Waals surface area (Å²) in [5.41, 5.74) is 0.795. The summed E-state index contributed by atoms with van der Waals surface area (Å²) in [5.74, 6) is -4.17. The number of methoxy groups -OCH3 is 1. The van der Waals surface area contributed by atoms with E-state index in [1.54, 1.807) is 31.2 Å². The van der Waals surface area contributed by atoms with Gasteiger partial charge in [-0.1, -0.05) is 17.7 Å². The third kappa shape index (κ3) is 6.02. The number of nitro groups is 1. The van der Waals surface area contributed by atoms with Gasteiger partial charge >= 0.3 is 17.9 Å². The van der Waals surface area contributed by atoms with Gasteiger partial charge in [0.05, 0.1) is 34.7 Å². The Labute approximate surface area is 225 Å². The third-order valence-corrected chi connectivity index (χ3v) is 5.72. The lowest BCUT2D eigenvalue weighted by Crippen LogP contribution is -2.16. The summed E-state index contributed by atoms with van der Waals surface area (Å²) in [6.07, 6.45) is 1.49. The molecule has 2 aromatic heterocycles. The van der Waals surface area contributed by atoms with Crippen LogP contribution in [0, 0.1) is 10.1 Å². The van der Waals surface area contributed by atoms with Crippen LogP contribution in [0.1, 0.15) is 50.9 Å². The number of nitrogens with zero attached hydrogens (tertiary/aromatic N) is 3. The Balaban J connectivity index is 1.68. The van der Waals surface area contributed by atoms with Gasteiger partial charge in [-0.3, -0.25) is 19.9 Å². The predicted molar refractivity (Wildman–Crippen MR) is 135 cm³/mol. The normalized spacial score (nSPS) is 11.6. The van der Waals surface area contributed by atoms with E-state index in [4.69, 9.17) is 30.2 Å². The monoisotopic (exact) mass is 553 g/mol. The fourth-order valence-corrected chi connectivity index (χ4v) is 3.85. The molecule has 0 aliphatic rings. The molecule has 0 N–H and O–H groups in total. The second kappa shape index (κ2) is 11.7. The molecule has 12 nitrogen and oxygen atoms in total. The van der Waals surface area contributed by atoms with Crippen molar-refractivity contribution < 1.29 is 37.9 Å². The number of oxazole rings is 1. The standard InChI is InChI=1S/C26H20ClN3O9/c1-3-37-26(33)22-20(13-38-24(31)14-4-7-18(8-5-14)30(34)35)29-23(39-22)21(25(32)36-2)15-6-9-19-16(10-15)11-17(27)12-28-19/h4-12,21H,3,13H2,1-2H3. The third-order valence-electron chi connectivity index (χ3n) is 5.52. The number of carbonyl (C=O) groups excluding carboxylic acids is 3. The van der Waals surface area contributed by atoms with Gasteiger partial charge in [0.1, 0.15) is 12.3 Å². The van der Waals surface area contributed by atoms with Gasteiger partial charge < -0.3 is 18.6 Å². The molecule has 0 radical (unpaired) electrons. The van der Waals surface area contributed by atoms with Gasteiger partial charge in [-0.05, 0) is 42.8 Å². The maximum atomic E-state index is 12.8. The number of hydrogen-bond donors (Lipinski definition) is 0. The van der Waals surface area contributed by atoms with Crippen molar-refractivity contribution in [1.29, 1.82) is 0 Å². The summed E-state index contributed by atoms with van der Waals surface area (Å²) in [7, 11) is 1.19. The van der Waals surface area contributed by atoms with Gasteiger partial charge in [-0.15, -0.1) is 0 Å². The molecule has 39 heavy (non-hydrogen) atoms. The highest BCUT2D eigenvalue weighted by molar-refractivity contribution is 6.31. The molecule has 0 spiro atoms. The highest BCUT2D eigenvalue weighted by Gasteiger charge is 2.33. The van der Waals surface area contributed by atoms with Crippen molar-refractivity contribution in [2.45, 2.75) is 19.4 Å². The van der Waals surface area contributed by atoms with Crippen molar-refractivity contribution in [3.8, 4) is 0 Å². The Bertz CT molecular complexity index is 1570. The van der Waals surface area contributed by atoms with Crippen molar-refractivity contribution in [2.75, 3.05) is 13.7 Å². The lowest BCUT2D eigenvalue weighted by Gasteiger charge is -2.12. The lowest BCUT2D eigenvalue weighted by molar-refractivity contribution is -0.384. The number of esters is 3. The summed E-state index contributed by atoms with van der Waals surface area (Å²) >= 11 is 6.06. The number of pyridine rings is 1. The molecule has 2 aromatic carbocycles. The van der Waals surface area contributed by atoms with Gasteiger partial charge in [0.15, 0.2) is 5.92 Å². The first kappa shape index (κ1) is 27.2. The van der Waals surface area contributed by atoms with Gasteiger partial charge in [0.2, 0.25) is 11.7 Å². The molecule has 2 heterocycles. The number of benzene rings is 2. The fraction of sp³-hybridized carbons (Fsp3) is 0.192. The number of ether oxygens (including phenoxy) is 3. The van der Waals surface area contributed by atoms with Gasteiger partial charge in [0.25, 0.3) is 5.69 Å². The average Bonchev–Trinajstić information content (AvgIpc) is 3.35. The molecular weight excluding hydrogens is 534 g/mol. The zero-order valence-corrected chi connectivity index (χ0v) is 21.3. The number of halogens is 1. The van der Waals surface area contributed by atoms with Gasteiger partial charge in [0, 0.05) is 23.7 Å². The molecule has 0 saturated heterocycles. The van der Waals surface area contributed by atoms with E-state index >= 15 is 0 Å². The minimum Gasteiger partial charge on any atom is -0.468 e. The number of carbonyl (C=O) groups is 3. The molecule has 0 bridgehead atoms. The smallest absolute Gasteiger partial charge is 0.376 e. The van der Waals surface area contributed by atoms with Gasteiger partial charge in [-0.25, -0.2) is 14.6 Å². The number of nitro benzene ring substituents is 1. The van der Waals surface area contributed by atoms with Crippen molar-refractivity contribution in [2.24, 2.45) is 0 Å². The van der Waals surface area contributed by atoms with Crippen LogP contribution >= 0.6 is 11.6 Å². The van der Waals surface area contributed by atoms with Crippen LogP contribution in [-0.2, 0) is 25.6 Å². The Morgan fingerprint density at radius 2 is 1.82 bits per heavy atom. The van der Waals surface area contributed by atoms with Crippen molar-refractivity contribution in [3.05, 3.63) is 98.3 Å². The Hall–Kier alpha value is -4.84. The topological polar surface area (TPSA) is 161 Å². The van der Waals surface area contributed by atoms with E-state index in [1.807, 2.05) is 0 Å². The molecule has 200 valence electrons. The van der Waals surface area contributed by atoms with Crippen LogP contribution in [0.5, 0.6) is 0 Å². The molecule has 0 aliphatic carbocycles. The van der Waals surface area contributed by atoms with E-state index in [0.717, 1.165) is 12.1 Å².